The number of esters is 2. The molecule has 0 bridgehead atoms. The van der Waals surface area contributed by atoms with Crippen molar-refractivity contribution in [1.29, 1.82) is 0 Å². The minimum Gasteiger partial charge on any atom is -0.463 e. The number of carbonyl (C=O) groups is 2. The highest BCUT2D eigenvalue weighted by Crippen LogP contribution is 2.07. The van der Waals surface area contributed by atoms with Crippen molar-refractivity contribution in [3.8, 4) is 0 Å². The van der Waals surface area contributed by atoms with Gasteiger partial charge in [0.05, 0.1) is 16.4 Å². The number of sulfonamides is 2. The molecule has 33 heavy (non-hydrogen) atoms. The van der Waals surface area contributed by atoms with Crippen LogP contribution in [0.5, 0.6) is 0 Å². The van der Waals surface area contributed by atoms with Crippen molar-refractivity contribution < 1.29 is 35.9 Å². The van der Waals surface area contributed by atoms with E-state index in [1.165, 1.54) is 24.3 Å². The van der Waals surface area contributed by atoms with Gasteiger partial charge >= 0.3 is 11.9 Å². The van der Waals surface area contributed by atoms with Gasteiger partial charge < -0.3 is 9.47 Å². The number of hydrogen-bond acceptors (Lipinski definition) is 8. The summed E-state index contributed by atoms with van der Waals surface area (Å²) in [5, 5.41) is 0. The number of rotatable bonds is 13. The van der Waals surface area contributed by atoms with Crippen molar-refractivity contribution in [2.45, 2.75) is 22.6 Å². The van der Waals surface area contributed by atoms with E-state index in [-0.39, 0.29) is 22.9 Å². The number of ether oxygens (including phenoxy) is 2. The van der Waals surface area contributed by atoms with E-state index in [1.54, 1.807) is 36.4 Å². The third-order valence-corrected chi connectivity index (χ3v) is 6.90. The predicted octanol–water partition coefficient (Wildman–Crippen LogP) is 1.32. The maximum absolute atomic E-state index is 12.0. The van der Waals surface area contributed by atoms with E-state index < -0.39 is 38.7 Å². The maximum atomic E-state index is 12.0. The molecular formula is C21H24N2O8S2. The Morgan fingerprint density at radius 2 is 1.18 bits per heavy atom. The molecule has 10 nitrogen and oxygen atoms in total. The molecule has 178 valence electrons. The van der Waals surface area contributed by atoms with Crippen LogP contribution in [-0.2, 0) is 39.1 Å². The smallest absolute Gasteiger partial charge is 0.332 e. The highest BCUT2D eigenvalue weighted by molar-refractivity contribution is 7.89. The first-order valence-electron chi connectivity index (χ1n) is 9.82. The van der Waals surface area contributed by atoms with E-state index >= 15 is 0 Å². The summed E-state index contributed by atoms with van der Waals surface area (Å²) in [7, 11) is -7.40. The van der Waals surface area contributed by atoms with E-state index in [1.807, 2.05) is 0 Å². The third-order valence-electron chi connectivity index (χ3n) is 4.03. The molecular weight excluding hydrogens is 472 g/mol. The van der Waals surface area contributed by atoms with Crippen molar-refractivity contribution in [2.75, 3.05) is 19.9 Å². The predicted molar refractivity (Wildman–Crippen MR) is 119 cm³/mol. The van der Waals surface area contributed by atoms with Gasteiger partial charge in [-0.15, -0.1) is 0 Å². The minimum atomic E-state index is -3.82. The number of unbranched alkanes of at least 4 members (excludes halogenated alkanes) is 1. The Morgan fingerprint density at radius 1 is 0.697 bits per heavy atom. The largest absolute Gasteiger partial charge is 0.463 e. The Balaban J connectivity index is 1.59. The second-order valence-corrected chi connectivity index (χ2v) is 10.0. The number of nitrogens with one attached hydrogen (secondary N) is 2. The molecule has 0 aliphatic carbocycles. The van der Waals surface area contributed by atoms with Crippen LogP contribution in [0.1, 0.15) is 12.8 Å². The van der Waals surface area contributed by atoms with Crippen LogP contribution in [0.25, 0.3) is 0 Å². The van der Waals surface area contributed by atoms with Crippen molar-refractivity contribution in [3.63, 3.8) is 0 Å². The van der Waals surface area contributed by atoms with Gasteiger partial charge in [-0.25, -0.2) is 31.1 Å². The molecule has 0 aromatic heterocycles. The third kappa shape index (κ3) is 9.53. The van der Waals surface area contributed by atoms with Gasteiger partial charge in [0.25, 0.3) is 0 Å². The first kappa shape index (κ1) is 26.2. The fourth-order valence-electron chi connectivity index (χ4n) is 2.38. The van der Waals surface area contributed by atoms with Crippen molar-refractivity contribution in [1.82, 2.24) is 9.44 Å². The monoisotopic (exact) mass is 496 g/mol. The van der Waals surface area contributed by atoms with E-state index in [4.69, 9.17) is 4.74 Å². The standard InChI is InChI=1S/C21H24N2O8S2/c24-20(30-16-8-7-15-22-32(26,27)18-9-3-1-4-10-18)13-14-21(25)31-17-23-33(28,29)19-11-5-2-6-12-19/h1-6,9-14,22-23H,7-8,15-17H2/b14-13+. The molecule has 0 heterocycles. The van der Waals surface area contributed by atoms with Crippen LogP contribution in [0.3, 0.4) is 0 Å². The lowest BCUT2D eigenvalue weighted by Gasteiger charge is -2.07. The molecule has 12 heteroatoms. The zero-order valence-corrected chi connectivity index (χ0v) is 19.2. The van der Waals surface area contributed by atoms with Gasteiger partial charge in [-0.2, -0.15) is 4.72 Å². The first-order valence-corrected chi connectivity index (χ1v) is 12.8. The zero-order chi connectivity index (χ0) is 24.2. The first-order chi connectivity index (χ1) is 15.7. The summed E-state index contributed by atoms with van der Waals surface area (Å²) < 4.78 is 62.2. The summed E-state index contributed by atoms with van der Waals surface area (Å²) >= 11 is 0. The molecule has 0 unspecified atom stereocenters. The van der Waals surface area contributed by atoms with Gasteiger partial charge in [-0.1, -0.05) is 36.4 Å². The topological polar surface area (TPSA) is 145 Å². The summed E-state index contributed by atoms with van der Waals surface area (Å²) in [5.74, 6) is -1.72. The zero-order valence-electron chi connectivity index (χ0n) is 17.5. The Kier molecular flexibility index (Phi) is 10.2. The van der Waals surface area contributed by atoms with Gasteiger partial charge in [-0.3, -0.25) is 0 Å². The highest BCUT2D eigenvalue weighted by Gasteiger charge is 2.13. The summed E-state index contributed by atoms with van der Waals surface area (Å²) in [6.07, 6.45) is 2.51. The average Bonchev–Trinajstić information content (AvgIpc) is 2.81. The average molecular weight is 497 g/mol. The molecule has 2 N–H and O–H groups in total. The Labute approximate surface area is 192 Å². The van der Waals surface area contributed by atoms with Crippen molar-refractivity contribution >= 4 is 32.0 Å². The summed E-state index contributed by atoms with van der Waals surface area (Å²) in [4.78, 5) is 23.4. The molecule has 0 spiro atoms. The molecule has 2 rings (SSSR count). The molecule has 0 aliphatic heterocycles. The van der Waals surface area contributed by atoms with Crippen molar-refractivity contribution in [3.05, 3.63) is 72.8 Å². The Hall–Kier alpha value is -3.06. The second kappa shape index (κ2) is 12.8. The molecule has 0 saturated heterocycles. The lowest BCUT2D eigenvalue weighted by molar-refractivity contribution is -0.140. The minimum absolute atomic E-state index is 0.0213. The lowest BCUT2D eigenvalue weighted by Crippen LogP contribution is -2.27. The summed E-state index contributed by atoms with van der Waals surface area (Å²) in [6, 6.07) is 15.5. The van der Waals surface area contributed by atoms with Crippen LogP contribution in [0, 0.1) is 0 Å². The molecule has 0 atom stereocenters. The van der Waals surface area contributed by atoms with Crippen LogP contribution in [-0.4, -0.2) is 48.7 Å². The normalized spacial score (nSPS) is 11.9. The summed E-state index contributed by atoms with van der Waals surface area (Å²) in [6.45, 7) is -0.396. The highest BCUT2D eigenvalue weighted by atomic mass is 32.2. The molecule has 2 aromatic carbocycles. The molecule has 0 radical (unpaired) electrons. The van der Waals surface area contributed by atoms with Gasteiger partial charge in [0.1, 0.15) is 0 Å². The van der Waals surface area contributed by atoms with E-state index in [0.29, 0.717) is 12.8 Å². The van der Waals surface area contributed by atoms with Crippen LogP contribution >= 0.6 is 0 Å². The molecule has 0 amide bonds. The Bertz CT molecular complexity index is 1150. The molecule has 0 fully saturated rings. The maximum Gasteiger partial charge on any atom is 0.332 e. The molecule has 0 saturated carbocycles. The fraction of sp³-hybridized carbons (Fsp3) is 0.238. The number of carbonyl (C=O) groups excluding carboxylic acids is 2. The quantitative estimate of drug-likeness (QED) is 0.183. The van der Waals surface area contributed by atoms with Crippen LogP contribution in [0.4, 0.5) is 0 Å². The fourth-order valence-corrected chi connectivity index (χ4v) is 4.37. The van der Waals surface area contributed by atoms with Gasteiger partial charge in [0.2, 0.25) is 20.0 Å². The Morgan fingerprint density at radius 3 is 1.73 bits per heavy atom. The van der Waals surface area contributed by atoms with Crippen LogP contribution in [0.2, 0.25) is 0 Å². The second-order valence-electron chi connectivity index (χ2n) is 6.49. The number of benzene rings is 2. The summed E-state index contributed by atoms with van der Waals surface area (Å²) in [5.41, 5.74) is 0. The van der Waals surface area contributed by atoms with Crippen molar-refractivity contribution in [2.24, 2.45) is 0 Å². The lowest BCUT2D eigenvalue weighted by atomic mass is 10.3. The van der Waals surface area contributed by atoms with Gasteiger partial charge in [-0.05, 0) is 37.1 Å². The molecule has 2 aromatic rings. The molecule has 0 aliphatic rings. The number of hydrogen-bond donors (Lipinski definition) is 2. The van der Waals surface area contributed by atoms with E-state index in [9.17, 15) is 26.4 Å². The van der Waals surface area contributed by atoms with Crippen LogP contribution < -0.4 is 9.44 Å². The van der Waals surface area contributed by atoms with E-state index in [2.05, 4.69) is 14.2 Å². The SMILES string of the molecule is O=C(/C=C/C(=O)OCNS(=O)(=O)c1ccccc1)OCCCCNS(=O)(=O)c1ccccc1. The van der Waals surface area contributed by atoms with Crippen LogP contribution in [0.15, 0.2) is 82.6 Å². The van der Waals surface area contributed by atoms with Gasteiger partial charge in [0.15, 0.2) is 6.73 Å². The van der Waals surface area contributed by atoms with E-state index in [0.717, 1.165) is 12.2 Å². The van der Waals surface area contributed by atoms with Gasteiger partial charge in [0, 0.05) is 18.7 Å².